The summed E-state index contributed by atoms with van der Waals surface area (Å²) >= 11 is 12.0. The van der Waals surface area contributed by atoms with Crippen LogP contribution in [0.5, 0.6) is 0 Å². The largest absolute Gasteiger partial charge is 0.0843 e. The van der Waals surface area contributed by atoms with E-state index in [1.165, 1.54) is 24.0 Å². The molecule has 0 bridgehead atoms. The van der Waals surface area contributed by atoms with E-state index in [4.69, 9.17) is 23.2 Å². The summed E-state index contributed by atoms with van der Waals surface area (Å²) in [6, 6.07) is 5.77. The van der Waals surface area contributed by atoms with Crippen LogP contribution in [-0.4, -0.2) is 0 Å². The lowest BCUT2D eigenvalue weighted by Gasteiger charge is -2.18. The zero-order valence-corrected chi connectivity index (χ0v) is 10.3. The molecule has 80 valence electrons. The van der Waals surface area contributed by atoms with Crippen molar-refractivity contribution in [2.75, 3.05) is 0 Å². The monoisotopic (exact) mass is 240 g/mol. The van der Waals surface area contributed by atoms with E-state index in [9.17, 15) is 0 Å². The second-order valence-corrected chi connectivity index (χ2v) is 5.14. The molecule has 1 unspecified atom stereocenters. The Balaban J connectivity index is 2.29. The third-order valence-corrected chi connectivity index (χ3v) is 3.34. The standard InChI is InChI=1S/C13H14Cl2/c1-9-2-4-10(5-3-9)11-6-12(14)8-13(15)7-11/h4,6-9H,2-3,5H2,1H3. The Labute approximate surface area is 101 Å². The van der Waals surface area contributed by atoms with E-state index in [0.29, 0.717) is 0 Å². The van der Waals surface area contributed by atoms with Crippen LogP contribution < -0.4 is 0 Å². The molecule has 1 aromatic carbocycles. The zero-order valence-electron chi connectivity index (χ0n) is 8.76. The minimum absolute atomic E-state index is 0.719. The van der Waals surface area contributed by atoms with Crippen LogP contribution in [0.15, 0.2) is 24.3 Å². The number of hydrogen-bond acceptors (Lipinski definition) is 0. The SMILES string of the molecule is CC1CC=C(c2cc(Cl)cc(Cl)c2)CC1. The molecule has 2 heteroatoms. The molecule has 0 nitrogen and oxygen atoms in total. The van der Waals surface area contributed by atoms with Crippen molar-refractivity contribution in [3.8, 4) is 0 Å². The summed E-state index contributed by atoms with van der Waals surface area (Å²) in [5.41, 5.74) is 2.57. The molecular weight excluding hydrogens is 227 g/mol. The number of benzene rings is 1. The van der Waals surface area contributed by atoms with Gasteiger partial charge in [0.1, 0.15) is 0 Å². The Kier molecular flexibility index (Phi) is 3.38. The second-order valence-electron chi connectivity index (χ2n) is 4.27. The minimum Gasteiger partial charge on any atom is -0.0843 e. The fourth-order valence-electron chi connectivity index (χ4n) is 1.97. The van der Waals surface area contributed by atoms with Gasteiger partial charge in [0.15, 0.2) is 0 Å². The summed E-state index contributed by atoms with van der Waals surface area (Å²) < 4.78 is 0. The van der Waals surface area contributed by atoms with Crippen molar-refractivity contribution < 1.29 is 0 Å². The van der Waals surface area contributed by atoms with Crippen LogP contribution in [0.1, 0.15) is 31.7 Å². The van der Waals surface area contributed by atoms with E-state index in [1.54, 1.807) is 6.07 Å². The Hall–Kier alpha value is -0.460. The lowest BCUT2D eigenvalue weighted by atomic mass is 9.88. The predicted octanol–water partition coefficient (Wildman–Crippen LogP) is 5.20. The average molecular weight is 241 g/mol. The molecule has 0 radical (unpaired) electrons. The summed E-state index contributed by atoms with van der Waals surface area (Å²) in [5.74, 6) is 0.809. The van der Waals surface area contributed by atoms with Gasteiger partial charge in [-0.3, -0.25) is 0 Å². The number of halogens is 2. The highest BCUT2D eigenvalue weighted by atomic mass is 35.5. The molecular formula is C13H14Cl2. The quantitative estimate of drug-likeness (QED) is 0.634. The maximum Gasteiger partial charge on any atom is 0.0426 e. The molecule has 1 atom stereocenters. The molecule has 15 heavy (non-hydrogen) atoms. The molecule has 0 saturated heterocycles. The summed E-state index contributed by atoms with van der Waals surface area (Å²) in [6.45, 7) is 2.29. The molecule has 0 fully saturated rings. The molecule has 1 aliphatic carbocycles. The molecule has 0 saturated carbocycles. The Morgan fingerprint density at radius 3 is 2.33 bits per heavy atom. The van der Waals surface area contributed by atoms with Crippen LogP contribution in [0.4, 0.5) is 0 Å². The third-order valence-electron chi connectivity index (χ3n) is 2.91. The number of rotatable bonds is 1. The summed E-state index contributed by atoms with van der Waals surface area (Å²) in [7, 11) is 0. The average Bonchev–Trinajstić information content (AvgIpc) is 2.17. The highest BCUT2D eigenvalue weighted by molar-refractivity contribution is 6.34. The molecule has 1 aliphatic rings. The second kappa shape index (κ2) is 4.59. The maximum atomic E-state index is 5.99. The van der Waals surface area contributed by atoms with Gasteiger partial charge in [-0.15, -0.1) is 0 Å². The van der Waals surface area contributed by atoms with Crippen molar-refractivity contribution in [1.82, 2.24) is 0 Å². The molecule has 0 aromatic heterocycles. The molecule has 1 aromatic rings. The normalized spacial score (nSPS) is 21.3. The van der Waals surface area contributed by atoms with Gasteiger partial charge in [0, 0.05) is 10.0 Å². The zero-order chi connectivity index (χ0) is 10.8. The minimum atomic E-state index is 0.719. The predicted molar refractivity (Wildman–Crippen MR) is 67.5 cm³/mol. The molecule has 0 spiro atoms. The van der Waals surface area contributed by atoms with Gasteiger partial charge >= 0.3 is 0 Å². The van der Waals surface area contributed by atoms with E-state index >= 15 is 0 Å². The first kappa shape index (κ1) is 11.0. The number of allylic oxidation sites excluding steroid dienone is 2. The van der Waals surface area contributed by atoms with Crippen LogP contribution >= 0.6 is 23.2 Å². The topological polar surface area (TPSA) is 0 Å². The van der Waals surface area contributed by atoms with E-state index in [1.807, 2.05) is 12.1 Å². The van der Waals surface area contributed by atoms with Crippen molar-refractivity contribution in [3.63, 3.8) is 0 Å². The van der Waals surface area contributed by atoms with Crippen molar-refractivity contribution >= 4 is 28.8 Å². The fourth-order valence-corrected chi connectivity index (χ4v) is 2.49. The maximum absolute atomic E-state index is 5.99. The van der Waals surface area contributed by atoms with Crippen molar-refractivity contribution in [2.45, 2.75) is 26.2 Å². The lowest BCUT2D eigenvalue weighted by Crippen LogP contribution is -2.00. The van der Waals surface area contributed by atoms with Gasteiger partial charge in [-0.25, -0.2) is 0 Å². The van der Waals surface area contributed by atoms with Crippen LogP contribution in [0.3, 0.4) is 0 Å². The Morgan fingerprint density at radius 1 is 1.13 bits per heavy atom. The van der Waals surface area contributed by atoms with E-state index in [2.05, 4.69) is 13.0 Å². The van der Waals surface area contributed by atoms with E-state index in [-0.39, 0.29) is 0 Å². The molecule has 0 heterocycles. The van der Waals surface area contributed by atoms with Gasteiger partial charge in [-0.2, -0.15) is 0 Å². The molecule has 0 N–H and O–H groups in total. The van der Waals surface area contributed by atoms with E-state index in [0.717, 1.165) is 22.4 Å². The lowest BCUT2D eigenvalue weighted by molar-refractivity contribution is 0.534. The first-order valence-corrected chi connectivity index (χ1v) is 6.06. The van der Waals surface area contributed by atoms with Crippen LogP contribution in [-0.2, 0) is 0 Å². The van der Waals surface area contributed by atoms with Crippen molar-refractivity contribution in [2.24, 2.45) is 5.92 Å². The molecule has 0 aliphatic heterocycles. The van der Waals surface area contributed by atoms with Crippen molar-refractivity contribution in [1.29, 1.82) is 0 Å². The van der Waals surface area contributed by atoms with Crippen LogP contribution in [0.25, 0.3) is 5.57 Å². The summed E-state index contributed by atoms with van der Waals surface area (Å²) in [6.07, 6.45) is 5.88. The molecule has 0 amide bonds. The van der Waals surface area contributed by atoms with Gasteiger partial charge in [-0.05, 0) is 54.5 Å². The van der Waals surface area contributed by atoms with E-state index < -0.39 is 0 Å². The van der Waals surface area contributed by atoms with Crippen LogP contribution in [0.2, 0.25) is 10.0 Å². The summed E-state index contributed by atoms with van der Waals surface area (Å²) in [5, 5.41) is 1.44. The summed E-state index contributed by atoms with van der Waals surface area (Å²) in [4.78, 5) is 0. The van der Waals surface area contributed by atoms with Gasteiger partial charge in [0.05, 0.1) is 0 Å². The first-order chi connectivity index (χ1) is 7.15. The van der Waals surface area contributed by atoms with Crippen LogP contribution in [0, 0.1) is 5.92 Å². The van der Waals surface area contributed by atoms with Gasteiger partial charge in [-0.1, -0.05) is 36.2 Å². The molecule has 2 rings (SSSR count). The van der Waals surface area contributed by atoms with Gasteiger partial charge in [0.25, 0.3) is 0 Å². The highest BCUT2D eigenvalue weighted by Gasteiger charge is 2.12. The van der Waals surface area contributed by atoms with Crippen molar-refractivity contribution in [3.05, 3.63) is 39.9 Å². The van der Waals surface area contributed by atoms with Gasteiger partial charge in [0.2, 0.25) is 0 Å². The first-order valence-electron chi connectivity index (χ1n) is 5.30. The Morgan fingerprint density at radius 2 is 1.80 bits per heavy atom. The van der Waals surface area contributed by atoms with Gasteiger partial charge < -0.3 is 0 Å². The Bertz CT molecular complexity index is 373. The smallest absolute Gasteiger partial charge is 0.0426 e. The highest BCUT2D eigenvalue weighted by Crippen LogP contribution is 2.32. The third kappa shape index (κ3) is 2.76. The number of hydrogen-bond donors (Lipinski definition) is 0. The fraction of sp³-hybridized carbons (Fsp3) is 0.385.